The van der Waals surface area contributed by atoms with Gasteiger partial charge < -0.3 is 0 Å². The molecule has 0 heterocycles. The molecule has 0 aliphatic heterocycles. The third kappa shape index (κ3) is 4.10. The van der Waals surface area contributed by atoms with Gasteiger partial charge in [-0.2, -0.15) is 0 Å². The topological polar surface area (TPSA) is 0 Å². The second-order valence-electron chi connectivity index (χ2n) is 8.19. The van der Waals surface area contributed by atoms with Gasteiger partial charge in [-0.1, -0.05) is 74.8 Å². The van der Waals surface area contributed by atoms with Crippen molar-refractivity contribution in [3.05, 3.63) is 82.7 Å². The number of hydrogen-bond acceptors (Lipinski definition) is 0. The van der Waals surface area contributed by atoms with Crippen molar-refractivity contribution in [1.82, 2.24) is 0 Å². The number of hydrogen-bond donors (Lipinski definition) is 0. The van der Waals surface area contributed by atoms with Crippen molar-refractivity contribution in [1.29, 1.82) is 0 Å². The second kappa shape index (κ2) is 8.96. The Balaban J connectivity index is 1.84. The van der Waals surface area contributed by atoms with Crippen LogP contribution in [0.1, 0.15) is 68.1 Å². The first kappa shape index (κ1) is 20.5. The Morgan fingerprint density at radius 1 is 0.900 bits per heavy atom. The van der Waals surface area contributed by atoms with Crippen LogP contribution in [0, 0.1) is 35.2 Å². The maximum Gasteiger partial charge on any atom is 0.194 e. The van der Waals surface area contributed by atoms with Gasteiger partial charge >= 0.3 is 0 Å². The average molecular weight is 406 g/mol. The summed E-state index contributed by atoms with van der Waals surface area (Å²) < 4.78 is 40.5. The van der Waals surface area contributed by atoms with Crippen LogP contribution in [0.2, 0.25) is 0 Å². The van der Waals surface area contributed by atoms with Crippen LogP contribution in [-0.4, -0.2) is 0 Å². The predicted octanol–water partition coefficient (Wildman–Crippen LogP) is 7.73. The van der Waals surface area contributed by atoms with Crippen LogP contribution in [0.15, 0.2) is 48.5 Å². The molecule has 1 saturated carbocycles. The Kier molecular flexibility index (Phi) is 6.13. The molecule has 0 N–H and O–H groups in total. The SMILES string of the molecule is CCCC1CCCCC1c1c(C#Cc2cc(F)c(F)c(F)c2)ccc2ccccc12. The Hall–Kier alpha value is -2.73. The molecule has 3 aromatic rings. The summed E-state index contributed by atoms with van der Waals surface area (Å²) in [6.07, 6.45) is 7.17. The van der Waals surface area contributed by atoms with E-state index in [1.165, 1.54) is 42.0 Å². The van der Waals surface area contributed by atoms with E-state index in [-0.39, 0.29) is 5.56 Å². The monoisotopic (exact) mass is 406 g/mol. The second-order valence-corrected chi connectivity index (χ2v) is 8.19. The molecule has 154 valence electrons. The van der Waals surface area contributed by atoms with Crippen LogP contribution in [-0.2, 0) is 0 Å². The van der Waals surface area contributed by atoms with Crippen LogP contribution in [0.25, 0.3) is 10.8 Å². The summed E-state index contributed by atoms with van der Waals surface area (Å²) in [4.78, 5) is 0. The first-order chi connectivity index (χ1) is 14.6. The van der Waals surface area contributed by atoms with Crippen molar-refractivity contribution < 1.29 is 13.2 Å². The van der Waals surface area contributed by atoms with Crippen LogP contribution < -0.4 is 0 Å². The standard InChI is InChI=1S/C27H25F3/c1-2-7-19-8-3-5-10-22(19)26-21(15-14-20-9-4-6-11-23(20)26)13-12-18-16-24(28)27(30)25(29)17-18/h4,6,9,11,14-17,19,22H,2-3,5,7-8,10H2,1H3. The maximum atomic E-state index is 13.6. The minimum Gasteiger partial charge on any atom is -0.204 e. The van der Waals surface area contributed by atoms with E-state index < -0.39 is 17.5 Å². The van der Waals surface area contributed by atoms with E-state index in [2.05, 4.69) is 30.9 Å². The van der Waals surface area contributed by atoms with E-state index in [9.17, 15) is 13.2 Å². The Morgan fingerprint density at radius 2 is 1.63 bits per heavy atom. The molecule has 0 nitrogen and oxygen atoms in total. The molecule has 1 fully saturated rings. The molecule has 0 amide bonds. The minimum atomic E-state index is -1.46. The summed E-state index contributed by atoms with van der Waals surface area (Å²) in [5.74, 6) is 3.17. The third-order valence-electron chi connectivity index (χ3n) is 6.24. The smallest absolute Gasteiger partial charge is 0.194 e. The van der Waals surface area contributed by atoms with Crippen molar-refractivity contribution in [2.45, 2.75) is 51.4 Å². The molecule has 0 spiro atoms. The zero-order valence-corrected chi connectivity index (χ0v) is 17.2. The number of benzene rings is 3. The first-order valence-electron chi connectivity index (χ1n) is 10.8. The molecule has 0 radical (unpaired) electrons. The highest BCUT2D eigenvalue weighted by atomic mass is 19.2. The molecule has 0 saturated heterocycles. The number of rotatable bonds is 3. The highest BCUT2D eigenvalue weighted by Crippen LogP contribution is 2.43. The fourth-order valence-electron chi connectivity index (χ4n) is 4.88. The van der Waals surface area contributed by atoms with Crippen LogP contribution in [0.3, 0.4) is 0 Å². The minimum absolute atomic E-state index is 0.138. The fourth-order valence-corrected chi connectivity index (χ4v) is 4.88. The summed E-state index contributed by atoms with van der Waals surface area (Å²) in [5, 5.41) is 2.38. The molecule has 3 aromatic carbocycles. The molecule has 0 bridgehead atoms. The quantitative estimate of drug-likeness (QED) is 0.308. The van der Waals surface area contributed by atoms with Crippen molar-refractivity contribution in [2.24, 2.45) is 5.92 Å². The number of halogens is 3. The van der Waals surface area contributed by atoms with Gasteiger partial charge in [-0.25, -0.2) is 13.2 Å². The van der Waals surface area contributed by atoms with Crippen LogP contribution in [0.4, 0.5) is 13.2 Å². The van der Waals surface area contributed by atoms with Crippen molar-refractivity contribution >= 4 is 10.8 Å². The molecule has 2 atom stereocenters. The van der Waals surface area contributed by atoms with E-state index >= 15 is 0 Å². The van der Waals surface area contributed by atoms with Gasteiger partial charge in [0.05, 0.1) is 0 Å². The van der Waals surface area contributed by atoms with Crippen molar-refractivity contribution in [3.8, 4) is 11.8 Å². The molecule has 4 rings (SSSR count). The van der Waals surface area contributed by atoms with Gasteiger partial charge in [0.2, 0.25) is 0 Å². The van der Waals surface area contributed by atoms with E-state index in [0.717, 1.165) is 30.5 Å². The lowest BCUT2D eigenvalue weighted by molar-refractivity contribution is 0.289. The molecular weight excluding hydrogens is 381 g/mol. The van der Waals surface area contributed by atoms with E-state index in [1.54, 1.807) is 0 Å². The molecule has 1 aliphatic rings. The summed E-state index contributed by atoms with van der Waals surface area (Å²) in [7, 11) is 0. The van der Waals surface area contributed by atoms with Crippen molar-refractivity contribution in [2.75, 3.05) is 0 Å². The molecule has 30 heavy (non-hydrogen) atoms. The molecule has 0 aromatic heterocycles. The van der Waals surface area contributed by atoms with Gasteiger partial charge in [0.25, 0.3) is 0 Å². The molecule has 2 unspecified atom stereocenters. The van der Waals surface area contributed by atoms with Gasteiger partial charge in [0, 0.05) is 11.1 Å². The van der Waals surface area contributed by atoms with Gasteiger partial charge in [-0.3, -0.25) is 0 Å². The average Bonchev–Trinajstić information content (AvgIpc) is 2.76. The first-order valence-corrected chi connectivity index (χ1v) is 10.8. The zero-order chi connectivity index (χ0) is 21.1. The molecular formula is C27H25F3. The van der Waals surface area contributed by atoms with Crippen LogP contribution in [0.5, 0.6) is 0 Å². The summed E-state index contributed by atoms with van der Waals surface area (Å²) in [6, 6.07) is 14.3. The van der Waals surface area contributed by atoms with E-state index in [0.29, 0.717) is 11.8 Å². The highest BCUT2D eigenvalue weighted by Gasteiger charge is 2.28. The van der Waals surface area contributed by atoms with Gasteiger partial charge in [-0.15, -0.1) is 0 Å². The lowest BCUT2D eigenvalue weighted by atomic mass is 9.71. The Morgan fingerprint density at radius 3 is 2.40 bits per heavy atom. The Bertz CT molecular complexity index is 1090. The molecule has 1 aliphatic carbocycles. The van der Waals surface area contributed by atoms with Gasteiger partial charge in [0.1, 0.15) is 0 Å². The summed E-state index contributed by atoms with van der Waals surface area (Å²) >= 11 is 0. The highest BCUT2D eigenvalue weighted by molar-refractivity contribution is 5.88. The van der Waals surface area contributed by atoms with E-state index in [4.69, 9.17) is 0 Å². The van der Waals surface area contributed by atoms with Gasteiger partial charge in [-0.05, 0) is 59.2 Å². The molecule has 3 heteroatoms. The predicted molar refractivity (Wildman–Crippen MR) is 116 cm³/mol. The lowest BCUT2D eigenvalue weighted by Crippen LogP contribution is -2.19. The summed E-state index contributed by atoms with van der Waals surface area (Å²) in [6.45, 7) is 2.23. The van der Waals surface area contributed by atoms with Gasteiger partial charge in [0.15, 0.2) is 17.5 Å². The number of fused-ring (bicyclic) bond motifs is 1. The van der Waals surface area contributed by atoms with E-state index in [1.807, 2.05) is 24.3 Å². The Labute approximate surface area is 176 Å². The van der Waals surface area contributed by atoms with Crippen LogP contribution >= 0.6 is 0 Å². The largest absolute Gasteiger partial charge is 0.204 e. The third-order valence-corrected chi connectivity index (χ3v) is 6.24. The van der Waals surface area contributed by atoms with Crippen molar-refractivity contribution in [3.63, 3.8) is 0 Å². The fraction of sp³-hybridized carbons (Fsp3) is 0.333. The summed E-state index contributed by atoms with van der Waals surface area (Å²) in [5.41, 5.74) is 2.29. The lowest BCUT2D eigenvalue weighted by Gasteiger charge is -2.33. The maximum absolute atomic E-state index is 13.6. The zero-order valence-electron chi connectivity index (χ0n) is 17.2. The normalized spacial score (nSPS) is 18.8.